The molecule has 3 aliphatic carbocycles. The second kappa shape index (κ2) is 18.7. The van der Waals surface area contributed by atoms with Crippen LogP contribution in [0.25, 0.3) is 11.1 Å². The van der Waals surface area contributed by atoms with Crippen molar-refractivity contribution >= 4 is 27.5 Å². The molecule has 61 heavy (non-hydrogen) atoms. The summed E-state index contributed by atoms with van der Waals surface area (Å²) in [6.07, 6.45) is 1.44. The molecular weight excluding hydrogens is 797 g/mol. The van der Waals surface area contributed by atoms with Gasteiger partial charge in [-0.3, -0.25) is 14.4 Å². The lowest BCUT2D eigenvalue weighted by Gasteiger charge is -2.62. The van der Waals surface area contributed by atoms with Gasteiger partial charge in [0, 0.05) is 55.0 Å². The van der Waals surface area contributed by atoms with E-state index < -0.39 is 52.2 Å². The fraction of sp³-hybridized carbons (Fsp3) is 0.565. The zero-order valence-corrected chi connectivity index (χ0v) is 38.1. The van der Waals surface area contributed by atoms with Crippen LogP contribution in [0, 0.1) is 29.1 Å². The number of hydrogen-bond acceptors (Lipinski definition) is 11. The third kappa shape index (κ3) is 10.1. The largest absolute Gasteiger partial charge is 0.496 e. The lowest BCUT2D eigenvalue weighted by atomic mass is 9.45. The number of ether oxygens (including phenoxy) is 1. The molecule has 4 fully saturated rings. The van der Waals surface area contributed by atoms with Crippen molar-refractivity contribution in [3.8, 4) is 16.9 Å². The number of nitrogens with one attached hydrogen (secondary N) is 3. The first-order valence-corrected chi connectivity index (χ1v) is 23.1. The molecule has 4 aliphatic rings. The number of carbonyl (C=O) groups is 2. The van der Waals surface area contributed by atoms with E-state index in [4.69, 9.17) is 9.57 Å². The van der Waals surface area contributed by atoms with Gasteiger partial charge >= 0.3 is 0 Å². The Kier molecular flexibility index (Phi) is 14.2. The molecule has 0 unspecified atom stereocenters. The molecular formula is C46H66N6O8S. The molecule has 5 N–H and O–H groups in total. The summed E-state index contributed by atoms with van der Waals surface area (Å²) < 4.78 is 34.1. The van der Waals surface area contributed by atoms with Gasteiger partial charge in [-0.1, -0.05) is 69.3 Å². The molecule has 7 rings (SSSR count). The lowest BCUT2D eigenvalue weighted by Crippen LogP contribution is -2.62. The van der Waals surface area contributed by atoms with Gasteiger partial charge in [0.1, 0.15) is 17.9 Å². The second-order valence-electron chi connectivity index (χ2n) is 18.5. The van der Waals surface area contributed by atoms with Crippen LogP contribution >= 0.6 is 0 Å². The summed E-state index contributed by atoms with van der Waals surface area (Å²) >= 11 is 0. The van der Waals surface area contributed by atoms with Gasteiger partial charge in [0.25, 0.3) is 5.91 Å². The van der Waals surface area contributed by atoms with Gasteiger partial charge in [0.05, 0.1) is 44.7 Å². The zero-order chi connectivity index (χ0) is 44.6. The first-order valence-electron chi connectivity index (χ1n) is 21.2. The van der Waals surface area contributed by atoms with Crippen molar-refractivity contribution in [2.24, 2.45) is 29.1 Å². The van der Waals surface area contributed by atoms with E-state index in [0.29, 0.717) is 57.9 Å². The summed E-state index contributed by atoms with van der Waals surface area (Å²) in [4.78, 5) is 38.8. The van der Waals surface area contributed by atoms with Crippen LogP contribution in [0.4, 0.5) is 5.69 Å². The smallest absolute Gasteiger partial charge is 0.251 e. The highest BCUT2D eigenvalue weighted by Crippen LogP contribution is 2.61. The number of hydroxylamine groups is 2. The molecule has 0 spiro atoms. The topological polar surface area (TPSA) is 173 Å². The number of para-hydroxylation sites is 1. The molecule has 0 radical (unpaired) electrons. The number of fused-ring (bicyclic) bond motifs is 2. The van der Waals surface area contributed by atoms with E-state index in [2.05, 4.69) is 36.1 Å². The summed E-state index contributed by atoms with van der Waals surface area (Å²) in [5, 5.41) is 29.5. The summed E-state index contributed by atoms with van der Waals surface area (Å²) in [7, 11) is 5.39. The number of anilines is 1. The number of aliphatic hydroxyl groups excluding tert-OH is 2. The number of hydrogen-bond donors (Lipinski definition) is 5. The minimum atomic E-state index is -3.67. The van der Waals surface area contributed by atoms with Gasteiger partial charge < -0.3 is 35.4 Å². The minimum absolute atomic E-state index is 0.000477. The standard InChI is InChI=1S/C46H66N6O8S/c1-27-36-22-33(46(36,3)4)23-37(27)47-45(56)42-40(28(2)54)39(26-53)60-52(42)24-30-17-14-18-35(43(30)59-9)31-19-32(21-34(20-31)51(7)8)44(55)48-38(25-50(5)6)41(49-61(10,57)58)29-15-12-11-13-16-29/h11-21,27-28,33,36-42,49,53-54H,22-26H2,1-10H3,(H,47,56)(H,48,55)/t27-,28-,33+,36+,37-,38+,39-,40+,41-,42-/m0/s1. The molecule has 3 aromatic carbocycles. The van der Waals surface area contributed by atoms with Crippen molar-refractivity contribution in [2.45, 2.75) is 83.5 Å². The summed E-state index contributed by atoms with van der Waals surface area (Å²) in [6, 6.07) is 18.1. The highest BCUT2D eigenvalue weighted by atomic mass is 32.2. The molecule has 2 bridgehead atoms. The van der Waals surface area contributed by atoms with Gasteiger partial charge in [-0.05, 0) is 86.4 Å². The summed E-state index contributed by atoms with van der Waals surface area (Å²) in [5.74, 6) is 0.549. The first kappa shape index (κ1) is 46.4. The number of carbonyl (C=O) groups excluding carboxylic acids is 2. The minimum Gasteiger partial charge on any atom is -0.496 e. The highest BCUT2D eigenvalue weighted by Gasteiger charge is 2.57. The molecule has 334 valence electrons. The molecule has 14 nitrogen and oxygen atoms in total. The number of likely N-dealkylation sites (N-methyl/N-ethyl adjacent to an activating group) is 1. The highest BCUT2D eigenvalue weighted by molar-refractivity contribution is 7.88. The van der Waals surface area contributed by atoms with Crippen molar-refractivity contribution < 1.29 is 37.8 Å². The fourth-order valence-electron chi connectivity index (χ4n) is 10.1. The van der Waals surface area contributed by atoms with Crippen molar-refractivity contribution in [3.05, 3.63) is 83.4 Å². The monoisotopic (exact) mass is 862 g/mol. The zero-order valence-electron chi connectivity index (χ0n) is 37.3. The van der Waals surface area contributed by atoms with Crippen LogP contribution in [0.5, 0.6) is 5.75 Å². The van der Waals surface area contributed by atoms with Crippen LogP contribution in [-0.2, 0) is 26.2 Å². The Morgan fingerprint density at radius 2 is 1.74 bits per heavy atom. The van der Waals surface area contributed by atoms with Gasteiger partial charge in [-0.2, -0.15) is 5.06 Å². The van der Waals surface area contributed by atoms with Crippen LogP contribution in [0.1, 0.15) is 68.1 Å². The van der Waals surface area contributed by atoms with E-state index in [0.717, 1.165) is 18.4 Å². The number of nitrogens with zero attached hydrogens (tertiary/aromatic N) is 3. The Morgan fingerprint density at radius 3 is 2.31 bits per heavy atom. The van der Waals surface area contributed by atoms with E-state index in [9.17, 15) is 28.2 Å². The number of benzene rings is 3. The normalized spacial score (nSPS) is 26.2. The Labute approximate surface area is 362 Å². The van der Waals surface area contributed by atoms with E-state index in [1.54, 1.807) is 31.2 Å². The Balaban J connectivity index is 1.32. The number of sulfonamides is 1. The molecule has 2 amide bonds. The Bertz CT molecular complexity index is 2130. The second-order valence-corrected chi connectivity index (χ2v) is 20.3. The fourth-order valence-corrected chi connectivity index (χ4v) is 10.9. The molecule has 1 aliphatic heterocycles. The molecule has 1 saturated heterocycles. The Morgan fingerprint density at radius 1 is 1.03 bits per heavy atom. The van der Waals surface area contributed by atoms with Crippen molar-refractivity contribution in [3.63, 3.8) is 0 Å². The average Bonchev–Trinajstić information content (AvgIpc) is 3.58. The van der Waals surface area contributed by atoms with E-state index >= 15 is 0 Å². The van der Waals surface area contributed by atoms with Gasteiger partial charge in [-0.15, -0.1) is 0 Å². The predicted octanol–water partition coefficient (Wildman–Crippen LogP) is 4.04. The summed E-state index contributed by atoms with van der Waals surface area (Å²) in [6.45, 7) is 8.56. The van der Waals surface area contributed by atoms with Crippen molar-refractivity contribution in [1.29, 1.82) is 0 Å². The quantitative estimate of drug-likeness (QED) is 0.133. The SMILES string of the molecule is COc1c(CN2O[C@@H](CO)[C@@H]([C@H](C)O)[C@H]2C(=O)N[C@H]2C[C@H]3C[C@H]([C@@H]2C)C3(C)C)cccc1-c1cc(C(=O)N[C@H](CN(C)C)[C@@H](NS(C)(=O)=O)c2ccccc2)cc(N(C)C)c1. The maximum atomic E-state index is 14.4. The van der Waals surface area contributed by atoms with Crippen LogP contribution in [-0.4, -0.2) is 125 Å². The van der Waals surface area contributed by atoms with Crippen LogP contribution < -0.4 is 25.0 Å². The van der Waals surface area contributed by atoms with Crippen LogP contribution in [0.3, 0.4) is 0 Å². The summed E-state index contributed by atoms with van der Waals surface area (Å²) in [5.41, 5.74) is 4.13. The van der Waals surface area contributed by atoms with Gasteiger partial charge in [0.2, 0.25) is 15.9 Å². The van der Waals surface area contributed by atoms with E-state index in [1.807, 2.05) is 92.6 Å². The molecule has 10 atom stereocenters. The lowest BCUT2D eigenvalue weighted by molar-refractivity contribution is -0.183. The third-order valence-electron chi connectivity index (χ3n) is 13.5. The molecule has 0 aromatic heterocycles. The molecule has 3 saturated carbocycles. The molecule has 1 heterocycles. The van der Waals surface area contributed by atoms with Crippen LogP contribution in [0.15, 0.2) is 66.7 Å². The number of rotatable bonds is 17. The maximum absolute atomic E-state index is 14.4. The molecule has 15 heteroatoms. The van der Waals surface area contributed by atoms with E-state index in [-0.39, 0.29) is 30.5 Å². The van der Waals surface area contributed by atoms with Crippen molar-refractivity contribution in [1.82, 2.24) is 25.3 Å². The van der Waals surface area contributed by atoms with Crippen molar-refractivity contribution in [2.75, 3.05) is 59.6 Å². The van der Waals surface area contributed by atoms with E-state index in [1.165, 1.54) is 6.42 Å². The number of aliphatic hydroxyl groups is 2. The predicted molar refractivity (Wildman–Crippen MR) is 237 cm³/mol. The van der Waals surface area contributed by atoms with Gasteiger partial charge in [-0.25, -0.2) is 13.1 Å². The first-order chi connectivity index (χ1) is 28.7. The number of amides is 2. The Hall–Kier alpha value is -4.09. The average molecular weight is 863 g/mol. The third-order valence-corrected chi connectivity index (χ3v) is 14.2. The van der Waals surface area contributed by atoms with Gasteiger partial charge in [0.15, 0.2) is 0 Å². The number of methoxy groups -OCH3 is 1. The van der Waals surface area contributed by atoms with Crippen LogP contribution in [0.2, 0.25) is 0 Å². The molecule has 3 aromatic rings. The maximum Gasteiger partial charge on any atom is 0.251 e.